The van der Waals surface area contributed by atoms with Gasteiger partial charge in [0.2, 0.25) is 5.91 Å². The van der Waals surface area contributed by atoms with Crippen LogP contribution in [0.5, 0.6) is 0 Å². The minimum Gasteiger partial charge on any atom is -0.354 e. The number of aromatic nitrogens is 1. The highest BCUT2D eigenvalue weighted by Gasteiger charge is 2.24. The van der Waals surface area contributed by atoms with Crippen LogP contribution in [0.3, 0.4) is 0 Å². The van der Waals surface area contributed by atoms with Crippen LogP contribution in [0.4, 0.5) is 0 Å². The van der Waals surface area contributed by atoms with Gasteiger partial charge >= 0.3 is 0 Å². The van der Waals surface area contributed by atoms with Gasteiger partial charge in [-0.05, 0) is 37.7 Å². The highest BCUT2D eigenvalue weighted by Crippen LogP contribution is 2.27. The Morgan fingerprint density at radius 1 is 1.42 bits per heavy atom. The van der Waals surface area contributed by atoms with Gasteiger partial charge in [0, 0.05) is 50.2 Å². The van der Waals surface area contributed by atoms with Gasteiger partial charge in [0.05, 0.1) is 6.54 Å². The SMILES string of the molecule is CN=C(NCC(=O)N(C)CCc1ccccn1)NC1CCC(SC)C1.I. The number of nitrogens with zero attached hydrogens (tertiary/aromatic N) is 3. The minimum atomic E-state index is 0. The van der Waals surface area contributed by atoms with Crippen molar-refractivity contribution in [3.8, 4) is 0 Å². The third kappa shape index (κ3) is 7.69. The van der Waals surface area contributed by atoms with E-state index in [4.69, 9.17) is 0 Å². The Morgan fingerprint density at radius 3 is 2.85 bits per heavy atom. The van der Waals surface area contributed by atoms with Crippen molar-refractivity contribution in [2.45, 2.75) is 37.0 Å². The molecule has 0 saturated heterocycles. The first-order valence-corrected chi connectivity index (χ1v) is 10.0. The molecule has 1 aromatic heterocycles. The molecular weight excluding hydrogens is 461 g/mol. The summed E-state index contributed by atoms with van der Waals surface area (Å²) in [7, 11) is 3.56. The molecule has 26 heavy (non-hydrogen) atoms. The van der Waals surface area contributed by atoms with E-state index in [1.165, 1.54) is 6.42 Å². The average Bonchev–Trinajstić information content (AvgIpc) is 3.11. The summed E-state index contributed by atoms with van der Waals surface area (Å²) in [5.74, 6) is 0.755. The number of carbonyl (C=O) groups is 1. The predicted molar refractivity (Wildman–Crippen MR) is 120 cm³/mol. The fourth-order valence-corrected chi connectivity index (χ4v) is 3.72. The maximum Gasteiger partial charge on any atom is 0.241 e. The Morgan fingerprint density at radius 2 is 2.23 bits per heavy atom. The van der Waals surface area contributed by atoms with Crippen LogP contribution >= 0.6 is 35.7 Å². The first kappa shape index (κ1) is 23.0. The molecule has 8 heteroatoms. The lowest BCUT2D eigenvalue weighted by Crippen LogP contribution is -2.46. The van der Waals surface area contributed by atoms with Gasteiger partial charge in [0.1, 0.15) is 0 Å². The summed E-state index contributed by atoms with van der Waals surface area (Å²) in [5, 5.41) is 7.29. The van der Waals surface area contributed by atoms with E-state index in [9.17, 15) is 4.79 Å². The molecule has 1 amide bonds. The Hall–Kier alpha value is -1.03. The number of pyridine rings is 1. The first-order valence-electron chi connectivity index (χ1n) is 8.76. The lowest BCUT2D eigenvalue weighted by molar-refractivity contribution is -0.128. The molecule has 0 aromatic carbocycles. The second-order valence-corrected chi connectivity index (χ2v) is 7.46. The van der Waals surface area contributed by atoms with E-state index < -0.39 is 0 Å². The number of rotatable bonds is 7. The number of hydrogen-bond donors (Lipinski definition) is 2. The second kappa shape index (κ2) is 12.4. The summed E-state index contributed by atoms with van der Waals surface area (Å²) in [6.45, 7) is 0.901. The van der Waals surface area contributed by atoms with Crippen molar-refractivity contribution in [1.29, 1.82) is 0 Å². The molecule has 1 heterocycles. The van der Waals surface area contributed by atoms with E-state index >= 15 is 0 Å². The van der Waals surface area contributed by atoms with Gasteiger partial charge in [-0.3, -0.25) is 14.8 Å². The molecule has 1 saturated carbocycles. The number of hydrogen-bond acceptors (Lipinski definition) is 4. The second-order valence-electron chi connectivity index (χ2n) is 6.32. The highest BCUT2D eigenvalue weighted by atomic mass is 127. The lowest BCUT2D eigenvalue weighted by Gasteiger charge is -2.20. The molecule has 1 fully saturated rings. The van der Waals surface area contributed by atoms with Gasteiger partial charge in [-0.1, -0.05) is 6.07 Å². The molecule has 6 nitrogen and oxygen atoms in total. The van der Waals surface area contributed by atoms with E-state index in [0.29, 0.717) is 18.5 Å². The van der Waals surface area contributed by atoms with Gasteiger partial charge in [0.25, 0.3) is 0 Å². The monoisotopic (exact) mass is 491 g/mol. The molecule has 2 atom stereocenters. The summed E-state index contributed by atoms with van der Waals surface area (Å²) in [6.07, 6.45) is 8.25. The van der Waals surface area contributed by atoms with Crippen molar-refractivity contribution in [2.24, 2.45) is 4.99 Å². The van der Waals surface area contributed by atoms with Crippen molar-refractivity contribution < 1.29 is 4.79 Å². The molecule has 0 bridgehead atoms. The number of aliphatic imine (C=N–C) groups is 1. The first-order chi connectivity index (χ1) is 12.1. The quantitative estimate of drug-likeness (QED) is 0.348. The van der Waals surface area contributed by atoms with Crippen molar-refractivity contribution in [1.82, 2.24) is 20.5 Å². The molecule has 1 aromatic rings. The number of carbonyl (C=O) groups excluding carboxylic acids is 1. The average molecular weight is 491 g/mol. The minimum absolute atomic E-state index is 0. The largest absolute Gasteiger partial charge is 0.354 e. The molecule has 0 aliphatic heterocycles. The van der Waals surface area contributed by atoms with E-state index in [1.807, 2.05) is 37.0 Å². The Balaban J connectivity index is 0.00000338. The maximum atomic E-state index is 12.3. The molecule has 0 radical (unpaired) electrons. The molecule has 1 aliphatic carbocycles. The van der Waals surface area contributed by atoms with Gasteiger partial charge < -0.3 is 15.5 Å². The number of halogens is 1. The van der Waals surface area contributed by atoms with Crippen molar-refractivity contribution in [2.75, 3.05) is 33.4 Å². The van der Waals surface area contributed by atoms with Crippen LogP contribution in [0.15, 0.2) is 29.4 Å². The van der Waals surface area contributed by atoms with Gasteiger partial charge in [-0.25, -0.2) is 0 Å². The fourth-order valence-electron chi connectivity index (χ4n) is 2.92. The summed E-state index contributed by atoms with van der Waals surface area (Å²) < 4.78 is 0. The van der Waals surface area contributed by atoms with Crippen LogP contribution in [0, 0.1) is 0 Å². The van der Waals surface area contributed by atoms with Crippen LogP contribution in [-0.2, 0) is 11.2 Å². The molecule has 2 rings (SSSR count). The summed E-state index contributed by atoms with van der Waals surface area (Å²) in [5.41, 5.74) is 0.997. The van der Waals surface area contributed by atoms with Crippen LogP contribution < -0.4 is 10.6 Å². The van der Waals surface area contributed by atoms with E-state index in [1.54, 1.807) is 18.1 Å². The summed E-state index contributed by atoms with van der Waals surface area (Å²) in [4.78, 5) is 22.5. The number of nitrogens with one attached hydrogen (secondary N) is 2. The van der Waals surface area contributed by atoms with Crippen molar-refractivity contribution in [3.63, 3.8) is 0 Å². The number of guanidine groups is 1. The Kier molecular flexibility index (Phi) is 11.0. The third-order valence-corrected chi connectivity index (χ3v) is 5.64. The van der Waals surface area contributed by atoms with Gasteiger partial charge in [0.15, 0.2) is 5.96 Å². The van der Waals surface area contributed by atoms with E-state index in [2.05, 4.69) is 26.9 Å². The van der Waals surface area contributed by atoms with Crippen LogP contribution in [0.25, 0.3) is 0 Å². The molecule has 1 aliphatic rings. The molecular formula is C18H30IN5OS. The number of likely N-dealkylation sites (N-methyl/N-ethyl adjacent to an activating group) is 1. The third-order valence-electron chi connectivity index (χ3n) is 4.54. The van der Waals surface area contributed by atoms with Crippen molar-refractivity contribution >= 4 is 47.6 Å². The lowest BCUT2D eigenvalue weighted by atomic mass is 10.2. The zero-order valence-corrected chi connectivity index (χ0v) is 18.9. The van der Waals surface area contributed by atoms with E-state index in [-0.39, 0.29) is 36.4 Å². The van der Waals surface area contributed by atoms with Crippen LogP contribution in [0.1, 0.15) is 25.0 Å². The highest BCUT2D eigenvalue weighted by molar-refractivity contribution is 14.0. The van der Waals surface area contributed by atoms with Crippen LogP contribution in [-0.4, -0.2) is 66.5 Å². The Bertz CT molecular complexity index is 572. The topological polar surface area (TPSA) is 69.6 Å². The van der Waals surface area contributed by atoms with Crippen LogP contribution in [0.2, 0.25) is 0 Å². The fraction of sp³-hybridized carbons (Fsp3) is 0.611. The van der Waals surface area contributed by atoms with Gasteiger partial charge in [-0.15, -0.1) is 24.0 Å². The predicted octanol–water partition coefficient (Wildman–Crippen LogP) is 2.15. The smallest absolute Gasteiger partial charge is 0.241 e. The maximum absolute atomic E-state index is 12.3. The zero-order chi connectivity index (χ0) is 18.1. The van der Waals surface area contributed by atoms with E-state index in [0.717, 1.165) is 30.2 Å². The Labute approximate surface area is 178 Å². The zero-order valence-electron chi connectivity index (χ0n) is 15.8. The van der Waals surface area contributed by atoms with Gasteiger partial charge in [-0.2, -0.15) is 11.8 Å². The normalized spacial score (nSPS) is 19.6. The summed E-state index contributed by atoms with van der Waals surface area (Å²) >= 11 is 1.93. The number of amides is 1. The van der Waals surface area contributed by atoms with Crippen molar-refractivity contribution in [3.05, 3.63) is 30.1 Å². The summed E-state index contributed by atoms with van der Waals surface area (Å²) in [6, 6.07) is 6.28. The molecule has 2 unspecified atom stereocenters. The molecule has 2 N–H and O–H groups in total. The number of thioether (sulfide) groups is 1. The standard InChI is InChI=1S/C18H29N5OS.HI/c1-19-18(22-15-7-8-16(12-15)25-3)21-13-17(24)23(2)11-9-14-6-4-5-10-20-14;/h4-6,10,15-16H,7-9,11-13H2,1-3H3,(H2,19,21,22);1H. The molecule has 146 valence electrons. The molecule has 0 spiro atoms.